The number of aromatic nitrogens is 4. The van der Waals surface area contributed by atoms with Crippen molar-refractivity contribution in [1.82, 2.24) is 19.9 Å². The first-order valence-electron chi connectivity index (χ1n) is 5.96. The number of imidazole rings is 1. The van der Waals surface area contributed by atoms with Crippen molar-refractivity contribution in [3.8, 4) is 0 Å². The standard InChI is InChI=1S/C12H8N2.C3H4N2/c1-3-9-5-6-10-4-2-8-14-12(10)11(9)13-7-1;1-2-5-3-4-1/h1-8H;1-3H,(H,4,5). The third kappa shape index (κ3) is 2.42. The summed E-state index contributed by atoms with van der Waals surface area (Å²) in [4.78, 5) is 15.1. The minimum atomic E-state index is 0.977. The molecule has 4 heteroatoms. The average Bonchev–Trinajstić information content (AvgIpc) is 3.07. The van der Waals surface area contributed by atoms with Crippen molar-refractivity contribution in [2.45, 2.75) is 0 Å². The molecule has 0 amide bonds. The van der Waals surface area contributed by atoms with Gasteiger partial charge in [-0.25, -0.2) is 4.98 Å². The Morgan fingerprint density at radius 1 is 0.737 bits per heavy atom. The van der Waals surface area contributed by atoms with Gasteiger partial charge in [-0.1, -0.05) is 24.3 Å². The quantitative estimate of drug-likeness (QED) is 0.486. The van der Waals surface area contributed by atoms with Crippen LogP contribution in [0, 0.1) is 0 Å². The molecule has 0 aliphatic heterocycles. The van der Waals surface area contributed by atoms with Gasteiger partial charge in [-0.2, -0.15) is 0 Å². The molecule has 19 heavy (non-hydrogen) atoms. The van der Waals surface area contributed by atoms with E-state index in [9.17, 15) is 0 Å². The highest BCUT2D eigenvalue weighted by Gasteiger charge is 2.00. The van der Waals surface area contributed by atoms with Gasteiger partial charge in [-0.15, -0.1) is 0 Å². The molecule has 3 aromatic heterocycles. The zero-order valence-electron chi connectivity index (χ0n) is 10.2. The normalized spacial score (nSPS) is 10.1. The van der Waals surface area contributed by atoms with Gasteiger partial charge in [0.2, 0.25) is 0 Å². The minimum Gasteiger partial charge on any atom is -0.351 e. The lowest BCUT2D eigenvalue weighted by Crippen LogP contribution is -1.83. The molecule has 0 aliphatic rings. The summed E-state index contributed by atoms with van der Waals surface area (Å²) in [6.45, 7) is 0. The molecular weight excluding hydrogens is 236 g/mol. The topological polar surface area (TPSA) is 54.5 Å². The largest absolute Gasteiger partial charge is 0.351 e. The number of aromatic amines is 1. The van der Waals surface area contributed by atoms with Gasteiger partial charge in [0.1, 0.15) is 0 Å². The van der Waals surface area contributed by atoms with E-state index < -0.39 is 0 Å². The fourth-order valence-corrected chi connectivity index (χ4v) is 1.89. The van der Waals surface area contributed by atoms with Crippen LogP contribution >= 0.6 is 0 Å². The smallest absolute Gasteiger partial charge is 0.0964 e. The number of fused-ring (bicyclic) bond motifs is 3. The van der Waals surface area contributed by atoms with Crippen molar-refractivity contribution in [2.24, 2.45) is 0 Å². The van der Waals surface area contributed by atoms with Crippen LogP contribution in [0.5, 0.6) is 0 Å². The van der Waals surface area contributed by atoms with E-state index in [1.165, 1.54) is 0 Å². The average molecular weight is 248 g/mol. The lowest BCUT2D eigenvalue weighted by atomic mass is 10.1. The predicted octanol–water partition coefficient (Wildman–Crippen LogP) is 3.19. The zero-order chi connectivity index (χ0) is 12.9. The lowest BCUT2D eigenvalue weighted by molar-refractivity contribution is 1.31. The number of H-pyrrole nitrogens is 1. The fraction of sp³-hybridized carbons (Fsp3) is 0. The first kappa shape index (κ1) is 11.3. The van der Waals surface area contributed by atoms with Crippen molar-refractivity contribution >= 4 is 21.8 Å². The maximum atomic E-state index is 4.35. The Balaban J connectivity index is 0.000000187. The molecular formula is C15H12N4. The van der Waals surface area contributed by atoms with Crippen LogP contribution in [0.4, 0.5) is 0 Å². The van der Waals surface area contributed by atoms with Crippen molar-refractivity contribution < 1.29 is 0 Å². The second-order valence-electron chi connectivity index (χ2n) is 3.98. The van der Waals surface area contributed by atoms with E-state index in [0.717, 1.165) is 21.8 Å². The Labute approximate surface area is 110 Å². The summed E-state index contributed by atoms with van der Waals surface area (Å²) >= 11 is 0. The Hall–Kier alpha value is -2.75. The van der Waals surface area contributed by atoms with Crippen LogP contribution in [0.3, 0.4) is 0 Å². The number of pyridine rings is 2. The van der Waals surface area contributed by atoms with Gasteiger partial charge >= 0.3 is 0 Å². The van der Waals surface area contributed by atoms with E-state index in [2.05, 4.69) is 44.2 Å². The highest BCUT2D eigenvalue weighted by atomic mass is 14.8. The molecule has 3 heterocycles. The maximum absolute atomic E-state index is 4.35. The molecule has 0 spiro atoms. The molecule has 0 radical (unpaired) electrons. The van der Waals surface area contributed by atoms with Crippen LogP contribution in [-0.4, -0.2) is 19.9 Å². The SMILES string of the molecule is c1c[nH]cn1.c1cnc2c(c1)ccc1cccnc12. The van der Waals surface area contributed by atoms with Crippen molar-refractivity contribution in [3.63, 3.8) is 0 Å². The molecule has 0 bridgehead atoms. The number of nitrogens with zero attached hydrogens (tertiary/aromatic N) is 3. The molecule has 1 aromatic carbocycles. The number of rotatable bonds is 0. The second-order valence-corrected chi connectivity index (χ2v) is 3.98. The van der Waals surface area contributed by atoms with E-state index in [4.69, 9.17) is 0 Å². The number of hydrogen-bond donors (Lipinski definition) is 1. The first-order chi connectivity index (χ1) is 9.45. The van der Waals surface area contributed by atoms with Crippen LogP contribution in [0.25, 0.3) is 21.8 Å². The van der Waals surface area contributed by atoms with Gasteiger partial charge in [0.15, 0.2) is 0 Å². The summed E-state index contributed by atoms with van der Waals surface area (Å²) in [5.74, 6) is 0. The Kier molecular flexibility index (Phi) is 3.14. The van der Waals surface area contributed by atoms with Gasteiger partial charge in [0, 0.05) is 35.6 Å². The van der Waals surface area contributed by atoms with Crippen LogP contribution in [0.1, 0.15) is 0 Å². The first-order valence-corrected chi connectivity index (χ1v) is 5.96. The molecule has 0 saturated heterocycles. The Bertz CT molecular complexity index is 706. The number of benzene rings is 1. The molecule has 92 valence electrons. The van der Waals surface area contributed by atoms with Gasteiger partial charge in [-0.05, 0) is 12.1 Å². The summed E-state index contributed by atoms with van der Waals surface area (Å²) < 4.78 is 0. The van der Waals surface area contributed by atoms with Crippen LogP contribution in [0.15, 0.2) is 67.5 Å². The zero-order valence-corrected chi connectivity index (χ0v) is 10.2. The molecule has 4 rings (SSSR count). The van der Waals surface area contributed by atoms with Crippen molar-refractivity contribution in [3.05, 3.63) is 67.5 Å². The maximum Gasteiger partial charge on any atom is 0.0964 e. The van der Waals surface area contributed by atoms with Gasteiger partial charge in [0.25, 0.3) is 0 Å². The van der Waals surface area contributed by atoms with E-state index in [0.29, 0.717) is 0 Å². The molecule has 1 N–H and O–H groups in total. The van der Waals surface area contributed by atoms with E-state index in [-0.39, 0.29) is 0 Å². The number of hydrogen-bond acceptors (Lipinski definition) is 3. The van der Waals surface area contributed by atoms with Crippen LogP contribution in [0.2, 0.25) is 0 Å². The van der Waals surface area contributed by atoms with Crippen molar-refractivity contribution in [2.75, 3.05) is 0 Å². The molecule has 0 atom stereocenters. The predicted molar refractivity (Wildman–Crippen MR) is 75.6 cm³/mol. The number of nitrogens with one attached hydrogen (secondary N) is 1. The van der Waals surface area contributed by atoms with Crippen molar-refractivity contribution in [1.29, 1.82) is 0 Å². The molecule has 4 nitrogen and oxygen atoms in total. The lowest BCUT2D eigenvalue weighted by Gasteiger charge is -2.00. The minimum absolute atomic E-state index is 0.977. The van der Waals surface area contributed by atoms with Crippen LogP contribution < -0.4 is 0 Å². The molecule has 4 aromatic rings. The third-order valence-corrected chi connectivity index (χ3v) is 2.75. The molecule has 0 unspecified atom stereocenters. The molecule has 0 fully saturated rings. The highest BCUT2D eigenvalue weighted by molar-refractivity contribution is 6.02. The van der Waals surface area contributed by atoms with Gasteiger partial charge in [0.05, 0.1) is 17.4 Å². The summed E-state index contributed by atoms with van der Waals surface area (Å²) in [6.07, 6.45) is 8.69. The summed E-state index contributed by atoms with van der Waals surface area (Å²) in [6, 6.07) is 12.1. The summed E-state index contributed by atoms with van der Waals surface area (Å²) in [7, 11) is 0. The van der Waals surface area contributed by atoms with E-state index >= 15 is 0 Å². The van der Waals surface area contributed by atoms with E-state index in [1.807, 2.05) is 12.1 Å². The molecule has 0 saturated carbocycles. The summed E-state index contributed by atoms with van der Waals surface area (Å²) in [5, 5.41) is 2.28. The monoisotopic (exact) mass is 248 g/mol. The van der Waals surface area contributed by atoms with E-state index in [1.54, 1.807) is 31.1 Å². The molecule has 0 aliphatic carbocycles. The highest BCUT2D eigenvalue weighted by Crippen LogP contribution is 2.20. The van der Waals surface area contributed by atoms with Crippen LogP contribution in [-0.2, 0) is 0 Å². The summed E-state index contributed by atoms with van der Waals surface area (Å²) in [5.41, 5.74) is 1.95. The van der Waals surface area contributed by atoms with Gasteiger partial charge in [-0.3, -0.25) is 9.97 Å². The fourth-order valence-electron chi connectivity index (χ4n) is 1.89. The second kappa shape index (κ2) is 5.27. The Morgan fingerprint density at radius 2 is 1.37 bits per heavy atom. The van der Waals surface area contributed by atoms with Gasteiger partial charge < -0.3 is 4.98 Å². The Morgan fingerprint density at radius 3 is 1.79 bits per heavy atom. The third-order valence-electron chi connectivity index (χ3n) is 2.75.